The molecule has 0 aromatic heterocycles. The average Bonchev–Trinajstić information content (AvgIpc) is 2.67. The number of carbonyl (C=O) groups excluding carboxylic acids is 1. The Bertz CT molecular complexity index is 555. The largest absolute Gasteiger partial charge is 0.350 e. The summed E-state index contributed by atoms with van der Waals surface area (Å²) < 4.78 is 0. The molecule has 4 nitrogen and oxygen atoms in total. The molecule has 1 saturated heterocycles. The molecule has 1 aliphatic carbocycles. The fraction of sp³-hybridized carbons (Fsp3) is 0.667. The molecule has 2 aliphatic rings. The van der Waals surface area contributed by atoms with Crippen LogP contribution in [0.5, 0.6) is 0 Å². The third-order valence-corrected chi connectivity index (χ3v) is 6.17. The van der Waals surface area contributed by atoms with Crippen LogP contribution in [0.3, 0.4) is 0 Å². The minimum Gasteiger partial charge on any atom is -0.350 e. The van der Waals surface area contributed by atoms with Gasteiger partial charge in [0.15, 0.2) is 0 Å². The number of piperazine rings is 1. The minimum atomic E-state index is 0.0668. The van der Waals surface area contributed by atoms with Crippen molar-refractivity contribution in [1.29, 1.82) is 0 Å². The molecule has 1 amide bonds. The summed E-state index contributed by atoms with van der Waals surface area (Å²) in [5, 5.41) is 3.26. The number of hydrogen-bond donors (Lipinski definition) is 1. The summed E-state index contributed by atoms with van der Waals surface area (Å²) in [5.74, 6) is 0.0668. The summed E-state index contributed by atoms with van der Waals surface area (Å²) >= 11 is 0. The number of aryl methyl sites for hydroxylation is 1. The molecular weight excluding hydrogens is 310 g/mol. The van der Waals surface area contributed by atoms with Crippen molar-refractivity contribution in [2.75, 3.05) is 39.3 Å². The van der Waals surface area contributed by atoms with E-state index < -0.39 is 0 Å². The van der Waals surface area contributed by atoms with Gasteiger partial charge in [0.25, 0.3) is 5.91 Å². The lowest BCUT2D eigenvalue weighted by Crippen LogP contribution is -2.61. The fourth-order valence-electron chi connectivity index (χ4n) is 4.40. The van der Waals surface area contributed by atoms with Crippen molar-refractivity contribution in [3.05, 3.63) is 35.4 Å². The second-order valence-corrected chi connectivity index (χ2v) is 7.76. The van der Waals surface area contributed by atoms with Crippen molar-refractivity contribution in [3.63, 3.8) is 0 Å². The molecule has 0 spiro atoms. The molecule has 138 valence electrons. The van der Waals surface area contributed by atoms with Crippen LogP contribution in [0.1, 0.15) is 54.9 Å². The van der Waals surface area contributed by atoms with Crippen LogP contribution in [0.15, 0.2) is 24.3 Å². The van der Waals surface area contributed by atoms with Crippen LogP contribution in [0.2, 0.25) is 0 Å². The van der Waals surface area contributed by atoms with E-state index >= 15 is 0 Å². The smallest absolute Gasteiger partial charge is 0.251 e. The van der Waals surface area contributed by atoms with Gasteiger partial charge in [-0.15, -0.1) is 0 Å². The highest BCUT2D eigenvalue weighted by atomic mass is 16.1. The van der Waals surface area contributed by atoms with E-state index in [1.54, 1.807) is 0 Å². The molecule has 25 heavy (non-hydrogen) atoms. The van der Waals surface area contributed by atoms with Gasteiger partial charge in [0, 0.05) is 43.8 Å². The van der Waals surface area contributed by atoms with Crippen molar-refractivity contribution in [2.24, 2.45) is 0 Å². The maximum absolute atomic E-state index is 12.6. The van der Waals surface area contributed by atoms with E-state index in [2.05, 4.69) is 29.0 Å². The molecular formula is C21H33N3O. The highest BCUT2D eigenvalue weighted by Crippen LogP contribution is 2.34. The number of amides is 1. The molecule has 2 fully saturated rings. The first kappa shape index (κ1) is 18.4. The maximum atomic E-state index is 12.6. The van der Waals surface area contributed by atoms with Gasteiger partial charge in [0.05, 0.1) is 0 Å². The third-order valence-electron chi connectivity index (χ3n) is 6.17. The first-order chi connectivity index (χ1) is 12.1. The van der Waals surface area contributed by atoms with Gasteiger partial charge in [-0.3, -0.25) is 9.69 Å². The number of nitrogens with zero attached hydrogens (tertiary/aromatic N) is 2. The Morgan fingerprint density at radius 2 is 1.68 bits per heavy atom. The zero-order valence-electron chi connectivity index (χ0n) is 15.9. The number of nitrogens with one attached hydrogen (secondary N) is 1. The quantitative estimate of drug-likeness (QED) is 0.892. The van der Waals surface area contributed by atoms with Crippen molar-refractivity contribution < 1.29 is 4.79 Å². The van der Waals surface area contributed by atoms with Crippen LogP contribution in [0, 0.1) is 6.92 Å². The lowest BCUT2D eigenvalue weighted by Gasteiger charge is -2.50. The molecule has 0 unspecified atom stereocenters. The number of hydrogen-bond acceptors (Lipinski definition) is 3. The van der Waals surface area contributed by atoms with Crippen LogP contribution in [-0.2, 0) is 0 Å². The summed E-state index contributed by atoms with van der Waals surface area (Å²) in [6, 6.07) is 7.88. The maximum Gasteiger partial charge on any atom is 0.251 e. The summed E-state index contributed by atoms with van der Waals surface area (Å²) in [6.45, 7) is 10.8. The standard InChI is InChI=1S/C21H33N3O/c1-3-23-13-15-24(16-14-23)21(11-5-4-6-12-21)17-22-20(25)19-9-7-18(2)8-10-19/h7-10H,3-6,11-17H2,1-2H3,(H,22,25). The van der Waals surface area contributed by atoms with Gasteiger partial charge >= 0.3 is 0 Å². The first-order valence-electron chi connectivity index (χ1n) is 9.95. The summed E-state index contributed by atoms with van der Waals surface area (Å²) in [6.07, 6.45) is 6.34. The van der Waals surface area contributed by atoms with Gasteiger partial charge in [-0.25, -0.2) is 0 Å². The lowest BCUT2D eigenvalue weighted by molar-refractivity contribution is 0.00924. The van der Waals surface area contributed by atoms with Crippen LogP contribution >= 0.6 is 0 Å². The Hall–Kier alpha value is -1.39. The van der Waals surface area contributed by atoms with Gasteiger partial charge in [-0.1, -0.05) is 43.9 Å². The Balaban J connectivity index is 1.64. The zero-order chi connectivity index (χ0) is 17.7. The first-order valence-corrected chi connectivity index (χ1v) is 9.95. The van der Waals surface area contributed by atoms with Gasteiger partial charge in [-0.05, 0) is 38.4 Å². The topological polar surface area (TPSA) is 35.6 Å². The molecule has 1 aromatic rings. The molecule has 1 aliphatic heterocycles. The predicted octanol–water partition coefficient (Wildman–Crippen LogP) is 3.07. The van der Waals surface area contributed by atoms with Crippen LogP contribution in [-0.4, -0.2) is 60.5 Å². The van der Waals surface area contributed by atoms with Gasteiger partial charge < -0.3 is 10.2 Å². The molecule has 1 saturated carbocycles. The molecule has 4 heteroatoms. The van der Waals surface area contributed by atoms with E-state index in [1.165, 1.54) is 37.7 Å². The average molecular weight is 344 g/mol. The molecule has 0 atom stereocenters. The second kappa shape index (κ2) is 8.33. The van der Waals surface area contributed by atoms with Crippen molar-refractivity contribution >= 4 is 5.91 Å². The number of carbonyl (C=O) groups is 1. The van der Waals surface area contributed by atoms with Crippen LogP contribution in [0.25, 0.3) is 0 Å². The molecule has 0 radical (unpaired) electrons. The van der Waals surface area contributed by atoms with Crippen LogP contribution in [0.4, 0.5) is 0 Å². The predicted molar refractivity (Wildman–Crippen MR) is 103 cm³/mol. The molecule has 1 heterocycles. The minimum absolute atomic E-state index is 0.0668. The fourth-order valence-corrected chi connectivity index (χ4v) is 4.40. The van der Waals surface area contributed by atoms with E-state index in [1.807, 2.05) is 24.3 Å². The van der Waals surface area contributed by atoms with E-state index in [0.29, 0.717) is 0 Å². The van der Waals surface area contributed by atoms with E-state index in [9.17, 15) is 4.79 Å². The van der Waals surface area contributed by atoms with Crippen LogP contribution < -0.4 is 5.32 Å². The van der Waals surface area contributed by atoms with E-state index in [-0.39, 0.29) is 11.4 Å². The molecule has 1 N–H and O–H groups in total. The highest BCUT2D eigenvalue weighted by molar-refractivity contribution is 5.94. The molecule has 1 aromatic carbocycles. The normalized spacial score (nSPS) is 21.8. The van der Waals surface area contributed by atoms with Gasteiger partial charge in [0.2, 0.25) is 0 Å². The number of likely N-dealkylation sites (N-methyl/N-ethyl adjacent to an activating group) is 1. The molecule has 3 rings (SSSR count). The Morgan fingerprint density at radius 1 is 1.04 bits per heavy atom. The van der Waals surface area contributed by atoms with E-state index in [4.69, 9.17) is 0 Å². The number of benzene rings is 1. The van der Waals surface area contributed by atoms with Gasteiger partial charge in [-0.2, -0.15) is 0 Å². The summed E-state index contributed by atoms with van der Waals surface area (Å²) in [7, 11) is 0. The van der Waals surface area contributed by atoms with Crippen molar-refractivity contribution in [3.8, 4) is 0 Å². The zero-order valence-corrected chi connectivity index (χ0v) is 15.9. The summed E-state index contributed by atoms with van der Waals surface area (Å²) in [4.78, 5) is 17.8. The van der Waals surface area contributed by atoms with Crippen molar-refractivity contribution in [2.45, 2.75) is 51.5 Å². The Labute approximate surface area is 152 Å². The van der Waals surface area contributed by atoms with Crippen molar-refractivity contribution in [1.82, 2.24) is 15.1 Å². The Kier molecular flexibility index (Phi) is 6.13. The molecule has 0 bridgehead atoms. The number of rotatable bonds is 5. The lowest BCUT2D eigenvalue weighted by atomic mass is 9.79. The third kappa shape index (κ3) is 4.42. The Morgan fingerprint density at radius 3 is 2.28 bits per heavy atom. The van der Waals surface area contributed by atoms with Gasteiger partial charge in [0.1, 0.15) is 0 Å². The van der Waals surface area contributed by atoms with E-state index in [0.717, 1.165) is 44.8 Å². The SMILES string of the molecule is CCN1CCN(C2(CNC(=O)c3ccc(C)cc3)CCCCC2)CC1. The highest BCUT2D eigenvalue weighted by Gasteiger charge is 2.39. The monoisotopic (exact) mass is 343 g/mol. The second-order valence-electron chi connectivity index (χ2n) is 7.76. The summed E-state index contributed by atoms with van der Waals surface area (Å²) in [5.41, 5.74) is 2.12.